The molecule has 168 valence electrons. The molecular formula is C25H30N4O2S. The van der Waals surface area contributed by atoms with Gasteiger partial charge in [-0.05, 0) is 74.4 Å². The van der Waals surface area contributed by atoms with E-state index in [2.05, 4.69) is 47.8 Å². The Kier molecular flexibility index (Phi) is 6.67. The van der Waals surface area contributed by atoms with Gasteiger partial charge in [-0.15, -0.1) is 0 Å². The number of anilines is 1. The summed E-state index contributed by atoms with van der Waals surface area (Å²) < 4.78 is 2.36. The molecule has 2 N–H and O–H groups in total. The van der Waals surface area contributed by atoms with Gasteiger partial charge in [0.05, 0.1) is 0 Å². The van der Waals surface area contributed by atoms with Crippen molar-refractivity contribution >= 4 is 35.8 Å². The molecule has 2 aromatic carbocycles. The minimum Gasteiger partial charge on any atom is -0.329 e. The Labute approximate surface area is 194 Å². The van der Waals surface area contributed by atoms with Crippen molar-refractivity contribution in [3.63, 3.8) is 0 Å². The molecule has 0 unspecified atom stereocenters. The number of aliphatic imine (C=N–C) groups is 1. The SMILES string of the molecule is Cc1cc(NC=O)ccc1CCSN1CCC2(CC1)N=C(c1cccc(C)c1C)NC2=O. The maximum atomic E-state index is 12.9. The van der Waals surface area contributed by atoms with Crippen molar-refractivity contribution < 1.29 is 9.59 Å². The van der Waals surface area contributed by atoms with Gasteiger partial charge in [-0.2, -0.15) is 0 Å². The average molecular weight is 451 g/mol. The van der Waals surface area contributed by atoms with Crippen LogP contribution in [0.5, 0.6) is 0 Å². The number of nitrogens with zero attached hydrogens (tertiary/aromatic N) is 2. The molecule has 0 radical (unpaired) electrons. The van der Waals surface area contributed by atoms with Crippen LogP contribution in [-0.4, -0.2) is 46.8 Å². The third-order valence-corrected chi connectivity index (χ3v) is 7.72. The number of benzene rings is 2. The maximum absolute atomic E-state index is 12.9. The lowest BCUT2D eigenvalue weighted by atomic mass is 9.89. The molecular weight excluding hydrogens is 420 g/mol. The molecule has 2 amide bonds. The lowest BCUT2D eigenvalue weighted by molar-refractivity contribution is -0.124. The van der Waals surface area contributed by atoms with Crippen LogP contribution in [0, 0.1) is 20.8 Å². The highest BCUT2D eigenvalue weighted by molar-refractivity contribution is 7.97. The molecule has 1 spiro atoms. The van der Waals surface area contributed by atoms with Gasteiger partial charge in [0.25, 0.3) is 5.91 Å². The molecule has 2 aliphatic rings. The number of rotatable bonds is 7. The van der Waals surface area contributed by atoms with Crippen molar-refractivity contribution in [1.29, 1.82) is 0 Å². The van der Waals surface area contributed by atoms with Crippen LogP contribution in [0.2, 0.25) is 0 Å². The van der Waals surface area contributed by atoms with Crippen LogP contribution in [0.3, 0.4) is 0 Å². The van der Waals surface area contributed by atoms with Crippen LogP contribution in [0.1, 0.15) is 40.7 Å². The zero-order valence-electron chi connectivity index (χ0n) is 18.9. The molecule has 2 aromatic rings. The second kappa shape index (κ2) is 9.46. The van der Waals surface area contributed by atoms with Crippen LogP contribution >= 0.6 is 11.9 Å². The number of carbonyl (C=O) groups is 2. The molecule has 2 aliphatic heterocycles. The number of nitrogens with one attached hydrogen (secondary N) is 2. The zero-order chi connectivity index (χ0) is 22.7. The number of amidine groups is 1. The molecule has 0 aliphatic carbocycles. The Hall–Kier alpha value is -2.64. The van der Waals surface area contributed by atoms with Crippen molar-refractivity contribution in [3.8, 4) is 0 Å². The van der Waals surface area contributed by atoms with Gasteiger partial charge >= 0.3 is 0 Å². The van der Waals surface area contributed by atoms with Crippen molar-refractivity contribution in [3.05, 3.63) is 64.2 Å². The predicted molar refractivity (Wildman–Crippen MR) is 131 cm³/mol. The summed E-state index contributed by atoms with van der Waals surface area (Å²) in [6, 6.07) is 12.2. The lowest BCUT2D eigenvalue weighted by Gasteiger charge is -2.34. The fourth-order valence-electron chi connectivity index (χ4n) is 4.39. The fourth-order valence-corrected chi connectivity index (χ4v) is 5.40. The van der Waals surface area contributed by atoms with Gasteiger partial charge in [0.1, 0.15) is 11.4 Å². The van der Waals surface area contributed by atoms with E-state index in [1.807, 2.05) is 36.2 Å². The van der Waals surface area contributed by atoms with Gasteiger partial charge < -0.3 is 10.6 Å². The van der Waals surface area contributed by atoms with Gasteiger partial charge in [0.15, 0.2) is 0 Å². The van der Waals surface area contributed by atoms with Gasteiger partial charge in [-0.1, -0.05) is 36.2 Å². The summed E-state index contributed by atoms with van der Waals surface area (Å²) in [5, 5.41) is 5.75. The summed E-state index contributed by atoms with van der Waals surface area (Å²) in [7, 11) is 0. The number of carbonyl (C=O) groups excluding carboxylic acids is 2. The minimum atomic E-state index is -0.624. The van der Waals surface area contributed by atoms with Crippen LogP contribution < -0.4 is 10.6 Å². The summed E-state index contributed by atoms with van der Waals surface area (Å²) in [5.74, 6) is 1.75. The molecule has 0 saturated carbocycles. The molecule has 0 aromatic heterocycles. The zero-order valence-corrected chi connectivity index (χ0v) is 19.7. The van der Waals surface area contributed by atoms with E-state index in [1.54, 1.807) is 0 Å². The standard InChI is InChI=1S/C25H30N4O2S/c1-17-5-4-6-22(19(17)3)23-27-24(31)25(28-23)10-12-29(13-11-25)32-14-9-20-7-8-21(26-16-30)15-18(20)2/h4-8,15-16H,9-14H2,1-3H3,(H,26,30)(H,27,28,31). The van der Waals surface area contributed by atoms with Crippen molar-refractivity contribution in [2.75, 3.05) is 24.2 Å². The Morgan fingerprint density at radius 3 is 2.66 bits per heavy atom. The highest BCUT2D eigenvalue weighted by atomic mass is 32.2. The third-order valence-electron chi connectivity index (χ3n) is 6.60. The van der Waals surface area contributed by atoms with Crippen LogP contribution in [0.15, 0.2) is 41.4 Å². The molecule has 1 fully saturated rings. The maximum Gasteiger partial charge on any atom is 0.253 e. The smallest absolute Gasteiger partial charge is 0.253 e. The number of hydrogen-bond acceptors (Lipinski definition) is 5. The van der Waals surface area contributed by atoms with E-state index < -0.39 is 5.54 Å². The van der Waals surface area contributed by atoms with Crippen LogP contribution in [0.4, 0.5) is 5.69 Å². The third kappa shape index (κ3) is 4.59. The van der Waals surface area contributed by atoms with E-state index in [4.69, 9.17) is 4.99 Å². The Morgan fingerprint density at radius 1 is 1.16 bits per heavy atom. The van der Waals surface area contributed by atoms with E-state index >= 15 is 0 Å². The molecule has 6 nitrogen and oxygen atoms in total. The highest BCUT2D eigenvalue weighted by Crippen LogP contribution is 2.34. The van der Waals surface area contributed by atoms with Crippen molar-refractivity contribution in [2.45, 2.75) is 45.6 Å². The first-order valence-corrected chi connectivity index (χ1v) is 12.0. The predicted octanol–water partition coefficient (Wildman–Crippen LogP) is 3.78. The van der Waals surface area contributed by atoms with Crippen LogP contribution in [0.25, 0.3) is 0 Å². The number of aryl methyl sites for hydroxylation is 3. The Morgan fingerprint density at radius 2 is 1.94 bits per heavy atom. The van der Waals surface area contributed by atoms with Crippen LogP contribution in [-0.2, 0) is 16.0 Å². The van der Waals surface area contributed by atoms with E-state index in [9.17, 15) is 9.59 Å². The number of hydrogen-bond donors (Lipinski definition) is 2. The van der Waals surface area contributed by atoms with E-state index in [-0.39, 0.29) is 5.91 Å². The molecule has 0 bridgehead atoms. The first-order valence-electron chi connectivity index (χ1n) is 11.1. The first kappa shape index (κ1) is 22.6. The topological polar surface area (TPSA) is 73.8 Å². The highest BCUT2D eigenvalue weighted by Gasteiger charge is 2.46. The monoisotopic (exact) mass is 450 g/mol. The van der Waals surface area contributed by atoms with Gasteiger partial charge in [-0.3, -0.25) is 18.9 Å². The van der Waals surface area contributed by atoms with Crippen molar-refractivity contribution in [1.82, 2.24) is 9.62 Å². The minimum absolute atomic E-state index is 0.0395. The number of piperidine rings is 1. The largest absolute Gasteiger partial charge is 0.329 e. The summed E-state index contributed by atoms with van der Waals surface area (Å²) in [4.78, 5) is 28.4. The summed E-state index contributed by atoms with van der Waals surface area (Å²) >= 11 is 1.84. The molecule has 32 heavy (non-hydrogen) atoms. The fraction of sp³-hybridized carbons (Fsp3) is 0.400. The molecule has 0 atom stereocenters. The van der Waals surface area contributed by atoms with Gasteiger partial charge in [-0.25, -0.2) is 0 Å². The second-order valence-electron chi connectivity index (χ2n) is 8.61. The van der Waals surface area contributed by atoms with E-state index in [0.717, 1.165) is 55.2 Å². The Bertz CT molecular complexity index is 1060. The van der Waals surface area contributed by atoms with Crippen molar-refractivity contribution in [2.24, 2.45) is 4.99 Å². The summed E-state index contributed by atoms with van der Waals surface area (Å²) in [6.45, 7) is 7.94. The first-order chi connectivity index (χ1) is 15.4. The molecule has 4 rings (SSSR count). The van der Waals surface area contributed by atoms with E-state index in [1.165, 1.54) is 22.3 Å². The summed E-state index contributed by atoms with van der Waals surface area (Å²) in [5.41, 5.74) is 6.08. The lowest BCUT2D eigenvalue weighted by Crippen LogP contribution is -2.47. The second-order valence-corrected chi connectivity index (χ2v) is 9.79. The number of amides is 2. The van der Waals surface area contributed by atoms with Gasteiger partial charge in [0.2, 0.25) is 6.41 Å². The summed E-state index contributed by atoms with van der Waals surface area (Å²) in [6.07, 6.45) is 3.15. The average Bonchev–Trinajstić information content (AvgIpc) is 3.09. The molecule has 2 heterocycles. The van der Waals surface area contributed by atoms with Gasteiger partial charge in [0, 0.05) is 30.1 Å². The normalized spacial score (nSPS) is 17.8. The quantitative estimate of drug-likeness (QED) is 0.497. The van der Waals surface area contributed by atoms with E-state index in [0.29, 0.717) is 6.41 Å². The molecule has 1 saturated heterocycles. The Balaban J connectivity index is 1.33. The molecule has 7 heteroatoms.